The predicted molar refractivity (Wildman–Crippen MR) is 158 cm³/mol. The predicted octanol–water partition coefficient (Wildman–Crippen LogP) is 4.49. The number of aryl methyl sites for hydroxylation is 2. The molecule has 0 fully saturated rings. The van der Waals surface area contributed by atoms with Crippen LogP contribution in [0, 0.1) is 20.8 Å². The molecular weight excluding hydrogens is 548 g/mol. The SMILES string of the molecule is C=CCOC(=O)c1ccc2c(c1C)CC[C@@H]2NC(=O)c1cc(C(=O)NCc2ccc3oc(C)c(C)c3c2)nc2ncnn12. The summed E-state index contributed by atoms with van der Waals surface area (Å²) in [6.45, 7) is 9.78. The Kier molecular flexibility index (Phi) is 7.22. The van der Waals surface area contributed by atoms with Crippen molar-refractivity contribution in [3.8, 4) is 0 Å². The minimum Gasteiger partial charge on any atom is -0.461 e. The Bertz CT molecular complexity index is 1940. The molecule has 43 heavy (non-hydrogen) atoms. The highest BCUT2D eigenvalue weighted by Crippen LogP contribution is 2.35. The van der Waals surface area contributed by atoms with E-state index in [0.29, 0.717) is 18.4 Å². The van der Waals surface area contributed by atoms with Gasteiger partial charge in [-0.05, 0) is 79.6 Å². The van der Waals surface area contributed by atoms with Crippen molar-refractivity contribution >= 4 is 34.5 Å². The van der Waals surface area contributed by atoms with Crippen LogP contribution in [0.25, 0.3) is 16.7 Å². The molecule has 0 spiro atoms. The van der Waals surface area contributed by atoms with Gasteiger partial charge in [-0.1, -0.05) is 24.8 Å². The van der Waals surface area contributed by atoms with Crippen molar-refractivity contribution in [2.75, 3.05) is 6.61 Å². The molecule has 5 aromatic rings. The normalized spacial score (nSPS) is 14.1. The fourth-order valence-corrected chi connectivity index (χ4v) is 5.56. The summed E-state index contributed by atoms with van der Waals surface area (Å²) in [4.78, 5) is 47.6. The van der Waals surface area contributed by atoms with Gasteiger partial charge in [0.2, 0.25) is 0 Å². The molecule has 1 aliphatic carbocycles. The van der Waals surface area contributed by atoms with E-state index in [1.54, 1.807) is 6.07 Å². The largest absolute Gasteiger partial charge is 0.461 e. The maximum Gasteiger partial charge on any atom is 0.338 e. The summed E-state index contributed by atoms with van der Waals surface area (Å²) < 4.78 is 12.3. The topological polar surface area (TPSA) is 141 Å². The Labute approximate surface area is 247 Å². The summed E-state index contributed by atoms with van der Waals surface area (Å²) >= 11 is 0. The third kappa shape index (κ3) is 5.14. The number of carbonyl (C=O) groups excluding carboxylic acids is 3. The summed E-state index contributed by atoms with van der Waals surface area (Å²) in [5.74, 6) is -0.284. The van der Waals surface area contributed by atoms with Crippen LogP contribution < -0.4 is 10.6 Å². The van der Waals surface area contributed by atoms with E-state index in [0.717, 1.165) is 44.5 Å². The summed E-state index contributed by atoms with van der Waals surface area (Å²) in [5, 5.41) is 11.1. The maximum atomic E-state index is 13.6. The quantitative estimate of drug-likeness (QED) is 0.203. The van der Waals surface area contributed by atoms with Gasteiger partial charge in [-0.25, -0.2) is 9.78 Å². The fourth-order valence-electron chi connectivity index (χ4n) is 5.56. The van der Waals surface area contributed by atoms with E-state index in [4.69, 9.17) is 9.15 Å². The van der Waals surface area contributed by atoms with E-state index in [1.165, 1.54) is 23.0 Å². The molecule has 3 heterocycles. The number of hydrogen-bond donors (Lipinski definition) is 2. The van der Waals surface area contributed by atoms with Crippen molar-refractivity contribution in [3.63, 3.8) is 0 Å². The van der Waals surface area contributed by atoms with Crippen LogP contribution >= 0.6 is 0 Å². The van der Waals surface area contributed by atoms with Gasteiger partial charge >= 0.3 is 5.97 Å². The van der Waals surface area contributed by atoms with Crippen LogP contribution in [0.2, 0.25) is 0 Å². The summed E-state index contributed by atoms with van der Waals surface area (Å²) in [5.41, 5.74) is 6.22. The molecule has 2 aromatic carbocycles. The number of hydrogen-bond acceptors (Lipinski definition) is 8. The number of benzene rings is 2. The molecule has 1 atom stereocenters. The van der Waals surface area contributed by atoms with Gasteiger partial charge in [-0.3, -0.25) is 9.59 Å². The Morgan fingerprint density at radius 3 is 2.77 bits per heavy atom. The second-order valence-electron chi connectivity index (χ2n) is 10.6. The second kappa shape index (κ2) is 11.2. The number of ether oxygens (including phenoxy) is 1. The summed E-state index contributed by atoms with van der Waals surface area (Å²) in [6, 6.07) is 10.5. The highest BCUT2D eigenvalue weighted by Gasteiger charge is 2.29. The monoisotopic (exact) mass is 578 g/mol. The fraction of sp³-hybridized carbons (Fsp3) is 0.250. The Balaban J connectivity index is 1.20. The molecule has 0 unspecified atom stereocenters. The number of esters is 1. The molecule has 0 bridgehead atoms. The zero-order valence-electron chi connectivity index (χ0n) is 24.1. The van der Waals surface area contributed by atoms with Crippen molar-refractivity contribution in [3.05, 3.63) is 106 Å². The maximum absolute atomic E-state index is 13.6. The van der Waals surface area contributed by atoms with Gasteiger partial charge in [0.05, 0.1) is 11.6 Å². The van der Waals surface area contributed by atoms with Gasteiger partial charge in [0.15, 0.2) is 0 Å². The third-order valence-electron chi connectivity index (χ3n) is 7.96. The van der Waals surface area contributed by atoms with E-state index < -0.39 is 17.8 Å². The van der Waals surface area contributed by atoms with Gasteiger partial charge in [-0.15, -0.1) is 0 Å². The van der Waals surface area contributed by atoms with Gasteiger partial charge in [-0.2, -0.15) is 14.6 Å². The minimum absolute atomic E-state index is 0.0485. The van der Waals surface area contributed by atoms with Crippen molar-refractivity contribution in [2.45, 2.75) is 46.2 Å². The van der Waals surface area contributed by atoms with E-state index in [9.17, 15) is 14.4 Å². The van der Waals surface area contributed by atoms with E-state index in [1.807, 2.05) is 45.0 Å². The zero-order valence-corrected chi connectivity index (χ0v) is 24.1. The molecule has 0 saturated carbocycles. The Morgan fingerprint density at radius 2 is 1.95 bits per heavy atom. The Morgan fingerprint density at radius 1 is 1.12 bits per heavy atom. The van der Waals surface area contributed by atoms with Crippen molar-refractivity contribution in [1.82, 2.24) is 30.2 Å². The summed E-state index contributed by atoms with van der Waals surface area (Å²) in [6.07, 6.45) is 4.16. The first kappa shape index (κ1) is 27.8. The lowest BCUT2D eigenvalue weighted by atomic mass is 9.98. The van der Waals surface area contributed by atoms with Gasteiger partial charge in [0.25, 0.3) is 17.6 Å². The highest BCUT2D eigenvalue weighted by atomic mass is 16.5. The first-order valence-electron chi connectivity index (χ1n) is 13.9. The number of nitrogens with one attached hydrogen (secondary N) is 2. The molecule has 11 nitrogen and oxygen atoms in total. The molecular formula is C32H30N6O5. The third-order valence-corrected chi connectivity index (χ3v) is 7.96. The second-order valence-corrected chi connectivity index (χ2v) is 10.6. The number of furan rings is 1. The molecule has 0 aliphatic heterocycles. The number of amides is 2. The molecule has 218 valence electrons. The first-order chi connectivity index (χ1) is 20.7. The van der Waals surface area contributed by atoms with Gasteiger partial charge in [0, 0.05) is 18.0 Å². The lowest BCUT2D eigenvalue weighted by molar-refractivity contribution is 0.0548. The van der Waals surface area contributed by atoms with E-state index in [2.05, 4.69) is 32.3 Å². The average molecular weight is 579 g/mol. The van der Waals surface area contributed by atoms with Crippen LogP contribution in [0.15, 0.2) is 59.8 Å². The van der Waals surface area contributed by atoms with Crippen LogP contribution in [0.3, 0.4) is 0 Å². The number of aromatic nitrogens is 4. The van der Waals surface area contributed by atoms with E-state index >= 15 is 0 Å². The number of nitrogens with zero attached hydrogens (tertiary/aromatic N) is 4. The van der Waals surface area contributed by atoms with E-state index in [-0.39, 0.29) is 36.4 Å². The van der Waals surface area contributed by atoms with Crippen LogP contribution in [-0.4, -0.2) is 44.0 Å². The highest BCUT2D eigenvalue weighted by molar-refractivity contribution is 5.98. The smallest absolute Gasteiger partial charge is 0.338 e. The molecule has 6 rings (SSSR count). The summed E-state index contributed by atoms with van der Waals surface area (Å²) in [7, 11) is 0. The van der Waals surface area contributed by atoms with Crippen LogP contribution in [0.5, 0.6) is 0 Å². The molecule has 1 aliphatic rings. The van der Waals surface area contributed by atoms with Crippen LogP contribution in [-0.2, 0) is 17.7 Å². The molecule has 0 radical (unpaired) electrons. The van der Waals surface area contributed by atoms with Gasteiger partial charge < -0.3 is 19.8 Å². The number of rotatable bonds is 8. The van der Waals surface area contributed by atoms with Crippen LogP contribution in [0.1, 0.15) is 77.4 Å². The minimum atomic E-state index is -0.447. The van der Waals surface area contributed by atoms with Crippen molar-refractivity contribution < 1.29 is 23.5 Å². The number of carbonyl (C=O) groups is 3. The van der Waals surface area contributed by atoms with Crippen molar-refractivity contribution in [2.24, 2.45) is 0 Å². The van der Waals surface area contributed by atoms with Crippen LogP contribution in [0.4, 0.5) is 0 Å². The first-order valence-corrected chi connectivity index (χ1v) is 13.9. The zero-order chi connectivity index (χ0) is 30.2. The molecule has 3 aromatic heterocycles. The molecule has 0 saturated heterocycles. The Hall–Kier alpha value is -5.32. The lowest BCUT2D eigenvalue weighted by Crippen LogP contribution is -2.30. The molecule has 2 amide bonds. The molecule has 11 heteroatoms. The molecule has 2 N–H and O–H groups in total. The number of fused-ring (bicyclic) bond motifs is 3. The van der Waals surface area contributed by atoms with Crippen molar-refractivity contribution in [1.29, 1.82) is 0 Å². The lowest BCUT2D eigenvalue weighted by Gasteiger charge is -2.16. The standard InChI is InChI=1S/C32H30N6O5/c1-5-12-42-31(41)22-7-8-23-21(18(22)3)9-10-25(23)36-30(40)27-14-26(37-32-34-16-35-38(27)32)29(39)33-15-20-6-11-28-24(13-20)17(2)19(4)43-28/h5-8,11,13-14,16,25H,1,9-10,12,15H2,2-4H3,(H,33,39)(H,36,40)/t25-/m0/s1. The average Bonchev–Trinajstić information content (AvgIpc) is 3.72. The van der Waals surface area contributed by atoms with Gasteiger partial charge in [0.1, 0.15) is 35.7 Å².